The van der Waals surface area contributed by atoms with E-state index in [9.17, 15) is 9.18 Å². The number of rotatable bonds is 2. The normalized spacial score (nSPS) is 22.9. The van der Waals surface area contributed by atoms with E-state index in [1.54, 1.807) is 18.9 Å². The van der Waals surface area contributed by atoms with Gasteiger partial charge in [0.05, 0.1) is 11.2 Å². The van der Waals surface area contributed by atoms with Crippen molar-refractivity contribution < 1.29 is 13.9 Å². The van der Waals surface area contributed by atoms with Gasteiger partial charge in [0.2, 0.25) is 0 Å². The van der Waals surface area contributed by atoms with Crippen LogP contribution in [0.2, 0.25) is 0 Å². The number of nitrogens with two attached hydrogens (primary N) is 1. The minimum Gasteiger partial charge on any atom is -0.399 e. The summed E-state index contributed by atoms with van der Waals surface area (Å²) < 4.78 is 19.6. The molecule has 2 rings (SSSR count). The standard InChI is InChI=1S/C15H21FN2O2/c1-10-7-11(17)8-12(13(10)16)14(19)18-6-4-5-15(2,9-18)20-3/h7-8H,4-6,9,17H2,1-3H3. The van der Waals surface area contributed by atoms with Crippen molar-refractivity contribution >= 4 is 11.6 Å². The quantitative estimate of drug-likeness (QED) is 0.846. The summed E-state index contributed by atoms with van der Waals surface area (Å²) in [5.41, 5.74) is 6.19. The molecule has 4 nitrogen and oxygen atoms in total. The number of amides is 1. The van der Waals surface area contributed by atoms with Gasteiger partial charge in [0.1, 0.15) is 5.82 Å². The van der Waals surface area contributed by atoms with Crippen LogP contribution in [0.25, 0.3) is 0 Å². The number of benzene rings is 1. The summed E-state index contributed by atoms with van der Waals surface area (Å²) in [6, 6.07) is 2.94. The molecule has 1 heterocycles. The van der Waals surface area contributed by atoms with Crippen molar-refractivity contribution in [3.63, 3.8) is 0 Å². The van der Waals surface area contributed by atoms with Gasteiger partial charge in [-0.25, -0.2) is 4.39 Å². The molecule has 0 saturated carbocycles. The van der Waals surface area contributed by atoms with Gasteiger partial charge in [0.15, 0.2) is 0 Å². The molecule has 1 aliphatic rings. The lowest BCUT2D eigenvalue weighted by Gasteiger charge is -2.39. The Kier molecular flexibility index (Phi) is 3.99. The van der Waals surface area contributed by atoms with E-state index in [1.807, 2.05) is 6.92 Å². The number of methoxy groups -OCH3 is 1. The number of ether oxygens (including phenoxy) is 1. The molecule has 1 unspecified atom stereocenters. The van der Waals surface area contributed by atoms with E-state index in [1.165, 1.54) is 12.1 Å². The Morgan fingerprint density at radius 2 is 2.20 bits per heavy atom. The van der Waals surface area contributed by atoms with Crippen LogP contribution in [-0.2, 0) is 4.74 Å². The Bertz CT molecular complexity index is 533. The number of anilines is 1. The zero-order chi connectivity index (χ0) is 14.9. The van der Waals surface area contributed by atoms with Gasteiger partial charge >= 0.3 is 0 Å². The van der Waals surface area contributed by atoms with Crippen LogP contribution in [0, 0.1) is 12.7 Å². The van der Waals surface area contributed by atoms with Crippen molar-refractivity contribution in [2.45, 2.75) is 32.3 Å². The first-order chi connectivity index (χ1) is 9.36. The molecule has 2 N–H and O–H groups in total. The minimum atomic E-state index is -0.492. The Hall–Kier alpha value is -1.62. The van der Waals surface area contributed by atoms with E-state index < -0.39 is 5.82 Å². The molecule has 1 aromatic carbocycles. The van der Waals surface area contributed by atoms with Crippen molar-refractivity contribution in [3.05, 3.63) is 29.1 Å². The van der Waals surface area contributed by atoms with E-state index in [0.717, 1.165) is 12.8 Å². The van der Waals surface area contributed by atoms with Crippen LogP contribution in [0.4, 0.5) is 10.1 Å². The molecular formula is C15H21FN2O2. The molecule has 1 aliphatic heterocycles. The smallest absolute Gasteiger partial charge is 0.257 e. The number of hydrogen-bond acceptors (Lipinski definition) is 3. The van der Waals surface area contributed by atoms with Crippen molar-refractivity contribution in [2.75, 3.05) is 25.9 Å². The van der Waals surface area contributed by atoms with Crippen molar-refractivity contribution in [1.82, 2.24) is 4.90 Å². The van der Waals surface area contributed by atoms with Crippen molar-refractivity contribution in [2.24, 2.45) is 0 Å². The van der Waals surface area contributed by atoms with Crippen LogP contribution in [-0.4, -0.2) is 36.6 Å². The Morgan fingerprint density at radius 1 is 1.50 bits per heavy atom. The zero-order valence-electron chi connectivity index (χ0n) is 12.2. The number of nitrogens with zero attached hydrogens (tertiary/aromatic N) is 1. The third-order valence-corrected chi connectivity index (χ3v) is 3.95. The number of hydrogen-bond donors (Lipinski definition) is 1. The second-order valence-electron chi connectivity index (χ2n) is 5.68. The molecule has 20 heavy (non-hydrogen) atoms. The fourth-order valence-electron chi connectivity index (χ4n) is 2.67. The van der Waals surface area contributed by atoms with Gasteiger partial charge in [-0.1, -0.05) is 0 Å². The van der Waals surface area contributed by atoms with Gasteiger partial charge in [-0.05, 0) is 44.4 Å². The molecule has 1 saturated heterocycles. The first-order valence-electron chi connectivity index (χ1n) is 6.76. The second-order valence-corrected chi connectivity index (χ2v) is 5.68. The van der Waals surface area contributed by atoms with Crippen LogP contribution in [0.15, 0.2) is 12.1 Å². The third-order valence-electron chi connectivity index (χ3n) is 3.95. The maximum Gasteiger partial charge on any atom is 0.257 e. The molecule has 0 aromatic heterocycles. The topological polar surface area (TPSA) is 55.6 Å². The average molecular weight is 280 g/mol. The summed E-state index contributed by atoms with van der Waals surface area (Å²) in [6.45, 7) is 4.66. The van der Waals surface area contributed by atoms with Gasteiger partial charge in [0, 0.05) is 25.9 Å². The monoisotopic (exact) mass is 280 g/mol. The summed E-state index contributed by atoms with van der Waals surface area (Å²) in [7, 11) is 1.64. The minimum absolute atomic E-state index is 0.0443. The van der Waals surface area contributed by atoms with Crippen LogP contribution < -0.4 is 5.73 Å². The van der Waals surface area contributed by atoms with Crippen LogP contribution in [0.3, 0.4) is 0 Å². The Balaban J connectivity index is 2.28. The van der Waals surface area contributed by atoms with E-state index in [0.29, 0.717) is 24.3 Å². The largest absolute Gasteiger partial charge is 0.399 e. The molecule has 1 amide bonds. The summed E-state index contributed by atoms with van der Waals surface area (Å²) in [5, 5.41) is 0. The van der Waals surface area contributed by atoms with Gasteiger partial charge in [-0.3, -0.25) is 4.79 Å². The Labute approximate surface area is 118 Å². The third kappa shape index (κ3) is 2.77. The molecule has 0 aliphatic carbocycles. The summed E-state index contributed by atoms with van der Waals surface area (Å²) in [5.74, 6) is -0.810. The van der Waals surface area contributed by atoms with Gasteiger partial charge in [-0.15, -0.1) is 0 Å². The van der Waals surface area contributed by atoms with Gasteiger partial charge in [0.25, 0.3) is 5.91 Å². The lowest BCUT2D eigenvalue weighted by Crippen LogP contribution is -2.49. The van der Waals surface area contributed by atoms with E-state index in [2.05, 4.69) is 0 Å². The molecule has 0 radical (unpaired) electrons. The van der Waals surface area contributed by atoms with Crippen LogP contribution >= 0.6 is 0 Å². The second kappa shape index (κ2) is 5.40. The summed E-state index contributed by atoms with van der Waals surface area (Å²) in [6.07, 6.45) is 1.74. The molecule has 110 valence electrons. The number of carbonyl (C=O) groups excluding carboxylic acids is 1. The fourth-order valence-corrected chi connectivity index (χ4v) is 2.67. The molecule has 0 bridgehead atoms. The lowest BCUT2D eigenvalue weighted by atomic mass is 9.94. The summed E-state index contributed by atoms with van der Waals surface area (Å²) >= 11 is 0. The van der Waals surface area contributed by atoms with Crippen LogP contribution in [0.5, 0.6) is 0 Å². The fraction of sp³-hybridized carbons (Fsp3) is 0.533. The van der Waals surface area contributed by atoms with Crippen LogP contribution in [0.1, 0.15) is 35.7 Å². The number of piperidine rings is 1. The maximum absolute atomic E-state index is 14.1. The number of nitrogen functional groups attached to an aromatic ring is 1. The average Bonchev–Trinajstić information content (AvgIpc) is 2.42. The SMILES string of the molecule is COC1(C)CCCN(C(=O)c2cc(N)cc(C)c2F)C1. The highest BCUT2D eigenvalue weighted by Crippen LogP contribution is 2.26. The van der Waals surface area contributed by atoms with E-state index in [4.69, 9.17) is 10.5 Å². The zero-order valence-corrected chi connectivity index (χ0v) is 12.2. The number of carbonyl (C=O) groups is 1. The number of aryl methyl sites for hydroxylation is 1. The lowest BCUT2D eigenvalue weighted by molar-refractivity contribution is -0.0441. The molecule has 1 atom stereocenters. The van der Waals surface area contributed by atoms with Gasteiger partial charge < -0.3 is 15.4 Å². The maximum atomic E-state index is 14.1. The van der Waals surface area contributed by atoms with Gasteiger partial charge in [-0.2, -0.15) is 0 Å². The highest BCUT2D eigenvalue weighted by Gasteiger charge is 2.34. The first-order valence-corrected chi connectivity index (χ1v) is 6.76. The predicted octanol–water partition coefficient (Wildman–Crippen LogP) is 2.36. The Morgan fingerprint density at radius 3 is 2.85 bits per heavy atom. The first kappa shape index (κ1) is 14.8. The van der Waals surface area contributed by atoms with E-state index in [-0.39, 0.29) is 17.1 Å². The number of halogens is 1. The molecule has 0 spiro atoms. The highest BCUT2D eigenvalue weighted by molar-refractivity contribution is 5.95. The predicted molar refractivity (Wildman–Crippen MR) is 76.1 cm³/mol. The summed E-state index contributed by atoms with van der Waals surface area (Å²) in [4.78, 5) is 14.1. The molecule has 1 fully saturated rings. The molecule has 1 aromatic rings. The van der Waals surface area contributed by atoms with Crippen molar-refractivity contribution in [3.8, 4) is 0 Å². The number of likely N-dealkylation sites (tertiary alicyclic amines) is 1. The van der Waals surface area contributed by atoms with Crippen molar-refractivity contribution in [1.29, 1.82) is 0 Å². The van der Waals surface area contributed by atoms with E-state index >= 15 is 0 Å². The molecule has 5 heteroatoms. The highest BCUT2D eigenvalue weighted by atomic mass is 19.1. The molecular weight excluding hydrogens is 259 g/mol.